The van der Waals surface area contributed by atoms with E-state index >= 15 is 0 Å². The molecule has 26 heavy (non-hydrogen) atoms. The van der Waals surface area contributed by atoms with Crippen LogP contribution < -0.4 is 14.7 Å². The summed E-state index contributed by atoms with van der Waals surface area (Å²) in [5.41, 5.74) is 3.83. The highest BCUT2D eigenvalue weighted by Crippen LogP contribution is 2.29. The zero-order valence-corrected chi connectivity index (χ0v) is 15.2. The quantitative estimate of drug-likeness (QED) is 0.676. The van der Waals surface area contributed by atoms with E-state index in [2.05, 4.69) is 113 Å². The summed E-state index contributed by atoms with van der Waals surface area (Å²) in [6, 6.07) is 32.1. The van der Waals surface area contributed by atoms with Gasteiger partial charge >= 0.3 is 0 Å². The number of likely N-dealkylation sites (N-methyl/N-ethyl adjacent to an activating group) is 1. The van der Waals surface area contributed by atoms with E-state index in [0.717, 1.165) is 19.6 Å². The molecule has 0 radical (unpaired) electrons. The number of benzene rings is 3. The van der Waals surface area contributed by atoms with Crippen LogP contribution in [0.5, 0.6) is 0 Å². The average molecular weight is 343 g/mol. The Balaban J connectivity index is 1.63. The summed E-state index contributed by atoms with van der Waals surface area (Å²) in [5.74, 6) is 0. The van der Waals surface area contributed by atoms with Crippen LogP contribution in [0, 0.1) is 0 Å². The van der Waals surface area contributed by atoms with Gasteiger partial charge in [-0.3, -0.25) is 0 Å². The van der Waals surface area contributed by atoms with Gasteiger partial charge in [-0.25, -0.2) is 0 Å². The Kier molecular flexibility index (Phi) is 4.78. The topological polar surface area (TPSA) is 9.72 Å². The molecule has 1 aliphatic heterocycles. The van der Waals surface area contributed by atoms with Gasteiger partial charge in [0.15, 0.2) is 0 Å². The van der Waals surface area contributed by atoms with Gasteiger partial charge in [0.1, 0.15) is 6.17 Å². The van der Waals surface area contributed by atoms with Gasteiger partial charge in [0.2, 0.25) is 0 Å². The van der Waals surface area contributed by atoms with Crippen LogP contribution in [0.15, 0.2) is 91.0 Å². The van der Waals surface area contributed by atoms with Gasteiger partial charge in [-0.1, -0.05) is 54.6 Å². The first-order valence-corrected chi connectivity index (χ1v) is 9.22. The molecule has 0 aromatic heterocycles. The van der Waals surface area contributed by atoms with Crippen LogP contribution in [0.25, 0.3) is 0 Å². The molecule has 0 saturated carbocycles. The third kappa shape index (κ3) is 3.38. The molecule has 1 fully saturated rings. The zero-order valence-electron chi connectivity index (χ0n) is 15.2. The summed E-state index contributed by atoms with van der Waals surface area (Å²) < 4.78 is 0. The number of rotatable bonds is 5. The molecule has 0 bridgehead atoms. The van der Waals surface area contributed by atoms with E-state index in [4.69, 9.17) is 0 Å². The predicted molar refractivity (Wildman–Crippen MR) is 111 cm³/mol. The maximum absolute atomic E-state index is 2.52. The second kappa shape index (κ2) is 7.52. The van der Waals surface area contributed by atoms with E-state index in [1.54, 1.807) is 0 Å². The van der Waals surface area contributed by atoms with Crippen LogP contribution in [-0.4, -0.2) is 32.8 Å². The molecule has 1 heterocycles. The number of nitrogens with zero attached hydrogens (tertiary/aromatic N) is 3. The minimum Gasteiger partial charge on any atom is -0.371 e. The Morgan fingerprint density at radius 3 is 1.58 bits per heavy atom. The predicted octanol–water partition coefficient (Wildman–Crippen LogP) is 4.48. The number of hydrogen-bond donors (Lipinski definition) is 0. The second-order valence-corrected chi connectivity index (χ2v) is 6.75. The molecular formula is C23H25N3. The molecule has 0 spiro atoms. The van der Waals surface area contributed by atoms with Gasteiger partial charge in [0, 0.05) is 37.2 Å². The minimum absolute atomic E-state index is 0.296. The molecule has 132 valence electrons. The summed E-state index contributed by atoms with van der Waals surface area (Å²) in [7, 11) is 2.18. The Bertz CT molecular complexity index is 757. The van der Waals surface area contributed by atoms with Crippen LogP contribution in [0.2, 0.25) is 0 Å². The molecule has 3 heteroatoms. The maximum atomic E-state index is 2.52. The van der Waals surface area contributed by atoms with Crippen molar-refractivity contribution in [1.82, 2.24) is 0 Å². The van der Waals surface area contributed by atoms with Gasteiger partial charge < -0.3 is 14.7 Å². The van der Waals surface area contributed by atoms with Crippen molar-refractivity contribution < 1.29 is 0 Å². The van der Waals surface area contributed by atoms with E-state index in [1.807, 2.05) is 0 Å². The number of anilines is 3. The normalized spacial score (nSPS) is 14.7. The molecular weight excluding hydrogens is 318 g/mol. The van der Waals surface area contributed by atoms with Gasteiger partial charge in [-0.15, -0.1) is 0 Å². The van der Waals surface area contributed by atoms with E-state index < -0.39 is 0 Å². The Morgan fingerprint density at radius 1 is 0.692 bits per heavy atom. The molecule has 3 aromatic carbocycles. The Morgan fingerprint density at radius 2 is 1.12 bits per heavy atom. The standard InChI is InChI=1S/C23H25N3/c1-24(20-11-5-2-6-12-20)19-23-25(21-13-7-3-8-14-21)17-18-26(23)22-15-9-4-10-16-22/h2-16,23H,17-19H2,1H3. The molecule has 0 atom stereocenters. The summed E-state index contributed by atoms with van der Waals surface area (Å²) in [6.45, 7) is 3.01. The fourth-order valence-corrected chi connectivity index (χ4v) is 3.75. The van der Waals surface area contributed by atoms with Gasteiger partial charge in [-0.05, 0) is 36.4 Å². The fraction of sp³-hybridized carbons (Fsp3) is 0.217. The molecule has 3 aromatic rings. The first-order chi connectivity index (χ1) is 12.8. The van der Waals surface area contributed by atoms with Crippen LogP contribution in [0.1, 0.15) is 0 Å². The van der Waals surface area contributed by atoms with Crippen molar-refractivity contribution in [3.63, 3.8) is 0 Å². The smallest absolute Gasteiger partial charge is 0.120 e. The SMILES string of the molecule is CN(CC1N(c2ccccc2)CCN1c1ccccc1)c1ccccc1. The molecule has 1 aliphatic rings. The van der Waals surface area contributed by atoms with Gasteiger partial charge in [0.25, 0.3) is 0 Å². The lowest BCUT2D eigenvalue weighted by Gasteiger charge is -2.36. The summed E-state index contributed by atoms with van der Waals surface area (Å²) in [6.07, 6.45) is 0.296. The lowest BCUT2D eigenvalue weighted by atomic mass is 10.2. The van der Waals surface area contributed by atoms with Crippen molar-refractivity contribution in [2.45, 2.75) is 6.17 Å². The summed E-state index contributed by atoms with van der Waals surface area (Å²) >= 11 is 0. The molecule has 4 rings (SSSR count). The molecule has 0 unspecified atom stereocenters. The lowest BCUT2D eigenvalue weighted by molar-refractivity contribution is 0.654. The highest BCUT2D eigenvalue weighted by atomic mass is 15.4. The van der Waals surface area contributed by atoms with Crippen LogP contribution in [0.4, 0.5) is 17.1 Å². The second-order valence-electron chi connectivity index (χ2n) is 6.75. The molecule has 0 aliphatic carbocycles. The first-order valence-electron chi connectivity index (χ1n) is 9.22. The van der Waals surface area contributed by atoms with Crippen molar-refractivity contribution in [2.75, 3.05) is 41.4 Å². The fourth-order valence-electron chi connectivity index (χ4n) is 3.75. The van der Waals surface area contributed by atoms with E-state index in [1.165, 1.54) is 17.1 Å². The highest BCUT2D eigenvalue weighted by Gasteiger charge is 2.33. The third-order valence-electron chi connectivity index (χ3n) is 5.11. The van der Waals surface area contributed by atoms with Crippen molar-refractivity contribution in [3.05, 3.63) is 91.0 Å². The Hall–Kier alpha value is -2.94. The summed E-state index contributed by atoms with van der Waals surface area (Å²) in [5, 5.41) is 0. The Labute approximate surface area is 156 Å². The van der Waals surface area contributed by atoms with Gasteiger partial charge in [0.05, 0.1) is 6.54 Å². The highest BCUT2D eigenvalue weighted by molar-refractivity contribution is 5.58. The molecule has 1 saturated heterocycles. The van der Waals surface area contributed by atoms with Crippen molar-refractivity contribution in [2.24, 2.45) is 0 Å². The first kappa shape index (κ1) is 16.5. The van der Waals surface area contributed by atoms with E-state index in [9.17, 15) is 0 Å². The molecule has 0 N–H and O–H groups in total. The third-order valence-corrected chi connectivity index (χ3v) is 5.11. The van der Waals surface area contributed by atoms with E-state index in [-0.39, 0.29) is 0 Å². The number of para-hydroxylation sites is 3. The van der Waals surface area contributed by atoms with Crippen LogP contribution in [-0.2, 0) is 0 Å². The number of hydrogen-bond acceptors (Lipinski definition) is 3. The van der Waals surface area contributed by atoms with Crippen molar-refractivity contribution >= 4 is 17.1 Å². The largest absolute Gasteiger partial charge is 0.371 e. The minimum atomic E-state index is 0.296. The van der Waals surface area contributed by atoms with Gasteiger partial charge in [-0.2, -0.15) is 0 Å². The van der Waals surface area contributed by atoms with Crippen molar-refractivity contribution in [1.29, 1.82) is 0 Å². The monoisotopic (exact) mass is 343 g/mol. The zero-order chi connectivity index (χ0) is 17.8. The maximum Gasteiger partial charge on any atom is 0.120 e. The van der Waals surface area contributed by atoms with E-state index in [0.29, 0.717) is 6.17 Å². The average Bonchev–Trinajstić information content (AvgIpc) is 3.13. The van der Waals surface area contributed by atoms with Crippen LogP contribution in [0.3, 0.4) is 0 Å². The summed E-state index contributed by atoms with van der Waals surface area (Å²) in [4.78, 5) is 7.39. The molecule has 0 amide bonds. The van der Waals surface area contributed by atoms with Crippen LogP contribution >= 0.6 is 0 Å². The lowest BCUT2D eigenvalue weighted by Crippen LogP contribution is -2.47. The molecule has 3 nitrogen and oxygen atoms in total. The van der Waals surface area contributed by atoms with Crippen molar-refractivity contribution in [3.8, 4) is 0 Å².